The van der Waals surface area contributed by atoms with Gasteiger partial charge in [-0.05, 0) is 31.5 Å². The lowest BCUT2D eigenvalue weighted by Crippen LogP contribution is -2.28. The first-order valence-corrected chi connectivity index (χ1v) is 11.8. The fourth-order valence-electron chi connectivity index (χ4n) is 2.95. The number of aromatic nitrogens is 2. The molecule has 28 heavy (non-hydrogen) atoms. The summed E-state index contributed by atoms with van der Waals surface area (Å²) in [5.74, 6) is 0. The molecule has 0 aliphatic carbocycles. The number of halogens is 1. The van der Waals surface area contributed by atoms with Gasteiger partial charge in [-0.1, -0.05) is 37.1 Å². The maximum absolute atomic E-state index is 13.0. The van der Waals surface area contributed by atoms with Gasteiger partial charge in [0.25, 0.3) is 0 Å². The summed E-state index contributed by atoms with van der Waals surface area (Å²) in [7, 11) is -0.0149. The van der Waals surface area contributed by atoms with E-state index in [4.69, 9.17) is 16.6 Å². The van der Waals surface area contributed by atoms with Crippen molar-refractivity contribution in [3.05, 3.63) is 46.4 Å². The minimum Gasteiger partial charge on any atom is -0.345 e. The molecule has 1 aromatic carbocycles. The topological polar surface area (TPSA) is 55.2 Å². The van der Waals surface area contributed by atoms with Gasteiger partial charge in [-0.15, -0.1) is 11.3 Å². The van der Waals surface area contributed by atoms with E-state index in [1.54, 1.807) is 13.1 Å². The van der Waals surface area contributed by atoms with Crippen LogP contribution in [-0.2, 0) is 17.1 Å². The van der Waals surface area contributed by atoms with Crippen LogP contribution in [0.25, 0.3) is 22.0 Å². The highest BCUT2D eigenvalue weighted by atomic mass is 35.5. The largest absolute Gasteiger partial charge is 0.345 e. The van der Waals surface area contributed by atoms with E-state index in [0.29, 0.717) is 22.2 Å². The summed E-state index contributed by atoms with van der Waals surface area (Å²) in [6.07, 6.45) is 1.79. The molecule has 0 bridgehead atoms. The molecule has 8 heteroatoms. The molecule has 0 saturated carbocycles. The van der Waals surface area contributed by atoms with Crippen LogP contribution in [0.15, 0.2) is 40.6 Å². The van der Waals surface area contributed by atoms with Crippen LogP contribution >= 0.6 is 22.9 Å². The minimum absolute atomic E-state index is 0.340. The lowest BCUT2D eigenvalue weighted by atomic mass is 10.2. The fraction of sp³-hybridized carbons (Fsp3) is 0.350. The van der Waals surface area contributed by atoms with Gasteiger partial charge in [0.15, 0.2) is 0 Å². The highest BCUT2D eigenvalue weighted by Crippen LogP contribution is 2.33. The summed E-state index contributed by atoms with van der Waals surface area (Å²) in [6, 6.07) is 9.25. The number of hydrogen-bond donors (Lipinski definition) is 0. The Hall–Kier alpha value is -1.67. The van der Waals surface area contributed by atoms with Gasteiger partial charge in [-0.25, -0.2) is 17.7 Å². The third-order valence-corrected chi connectivity index (χ3v) is 7.96. The van der Waals surface area contributed by atoms with Gasteiger partial charge in [-0.2, -0.15) is 0 Å². The molecule has 0 unspecified atom stereocenters. The molecular formula is C20H24ClN3O2S2. The number of benzene rings is 1. The molecule has 0 N–H and O–H groups in total. The second-order valence-electron chi connectivity index (χ2n) is 6.76. The monoisotopic (exact) mass is 437 g/mol. The zero-order valence-corrected chi connectivity index (χ0v) is 18.8. The van der Waals surface area contributed by atoms with Gasteiger partial charge in [0.1, 0.15) is 9.90 Å². The molecule has 3 aromatic rings. The molecule has 0 saturated heterocycles. The highest BCUT2D eigenvalue weighted by Gasteiger charge is 2.27. The smallest absolute Gasteiger partial charge is 0.244 e. The molecule has 2 aromatic heterocycles. The van der Waals surface area contributed by atoms with Crippen molar-refractivity contribution in [1.82, 2.24) is 13.9 Å². The predicted molar refractivity (Wildman–Crippen MR) is 116 cm³/mol. The second-order valence-corrected chi connectivity index (χ2v) is 10.1. The van der Waals surface area contributed by atoms with Crippen LogP contribution in [0.2, 0.25) is 5.02 Å². The van der Waals surface area contributed by atoms with Gasteiger partial charge in [-0.3, -0.25) is 0 Å². The van der Waals surface area contributed by atoms with Crippen LogP contribution in [0.5, 0.6) is 0 Å². The SMILES string of the molecule is CCCCN(C)S(=O)(=O)c1cc(-c2nc(-c3ccc(Cl)cc3)cs2)n(C)c1C. The summed E-state index contributed by atoms with van der Waals surface area (Å²) in [6.45, 7) is 4.39. The summed E-state index contributed by atoms with van der Waals surface area (Å²) < 4.78 is 29.3. The number of hydrogen-bond acceptors (Lipinski definition) is 4. The van der Waals surface area contributed by atoms with Crippen molar-refractivity contribution in [3.8, 4) is 22.0 Å². The normalized spacial score (nSPS) is 12.1. The first-order valence-electron chi connectivity index (χ1n) is 9.10. The Morgan fingerprint density at radius 2 is 1.93 bits per heavy atom. The summed E-state index contributed by atoms with van der Waals surface area (Å²) >= 11 is 7.46. The minimum atomic E-state index is -3.53. The van der Waals surface area contributed by atoms with E-state index in [9.17, 15) is 8.42 Å². The van der Waals surface area contributed by atoms with Crippen molar-refractivity contribution in [2.45, 2.75) is 31.6 Å². The van der Waals surface area contributed by atoms with Crippen LogP contribution in [0.4, 0.5) is 0 Å². The van der Waals surface area contributed by atoms with Gasteiger partial charge in [0.05, 0.1) is 11.4 Å². The van der Waals surface area contributed by atoms with Crippen LogP contribution in [0.3, 0.4) is 0 Å². The van der Waals surface area contributed by atoms with Crippen molar-refractivity contribution in [2.75, 3.05) is 13.6 Å². The van der Waals surface area contributed by atoms with E-state index in [0.717, 1.165) is 34.8 Å². The summed E-state index contributed by atoms with van der Waals surface area (Å²) in [5.41, 5.74) is 3.33. The third kappa shape index (κ3) is 4.03. The van der Waals surface area contributed by atoms with Crippen LogP contribution < -0.4 is 0 Å². The average molecular weight is 438 g/mol. The quantitative estimate of drug-likeness (QED) is 0.510. The molecule has 0 amide bonds. The Kier molecular flexibility index (Phi) is 6.29. The zero-order chi connectivity index (χ0) is 20.5. The number of thiazole rings is 1. The van der Waals surface area contributed by atoms with E-state index in [-0.39, 0.29) is 0 Å². The van der Waals surface area contributed by atoms with Gasteiger partial charge < -0.3 is 4.57 Å². The maximum atomic E-state index is 13.0. The number of sulfonamides is 1. The van der Waals surface area contributed by atoms with E-state index < -0.39 is 10.0 Å². The summed E-state index contributed by atoms with van der Waals surface area (Å²) in [4.78, 5) is 5.06. The molecule has 0 atom stereocenters. The zero-order valence-electron chi connectivity index (χ0n) is 16.4. The maximum Gasteiger partial charge on any atom is 0.244 e. The van der Waals surface area contributed by atoms with E-state index in [1.165, 1.54) is 15.6 Å². The van der Waals surface area contributed by atoms with Crippen LogP contribution in [-0.4, -0.2) is 35.9 Å². The van der Waals surface area contributed by atoms with Crippen molar-refractivity contribution in [3.63, 3.8) is 0 Å². The Bertz CT molecular complexity index is 1070. The molecule has 0 fully saturated rings. The number of rotatable bonds is 7. The van der Waals surface area contributed by atoms with Gasteiger partial charge in [0.2, 0.25) is 10.0 Å². The molecule has 0 spiro atoms. The van der Waals surface area contributed by atoms with Gasteiger partial charge >= 0.3 is 0 Å². The first-order chi connectivity index (χ1) is 13.3. The van der Waals surface area contributed by atoms with Gasteiger partial charge in [0, 0.05) is 42.3 Å². The van der Waals surface area contributed by atoms with Crippen LogP contribution in [0, 0.1) is 6.92 Å². The first kappa shape index (κ1) is 21.0. The fourth-order valence-corrected chi connectivity index (χ4v) is 5.43. The molecular weight excluding hydrogens is 414 g/mol. The molecule has 0 aliphatic rings. The van der Waals surface area contributed by atoms with E-state index >= 15 is 0 Å². The second kappa shape index (κ2) is 8.37. The predicted octanol–water partition coefficient (Wildman–Crippen LogP) is 5.20. The molecule has 0 aliphatic heterocycles. The number of unbranched alkanes of at least 4 members (excludes halogenated alkanes) is 1. The highest BCUT2D eigenvalue weighted by molar-refractivity contribution is 7.89. The number of nitrogens with zero attached hydrogens (tertiary/aromatic N) is 3. The van der Waals surface area contributed by atoms with Crippen molar-refractivity contribution < 1.29 is 8.42 Å². The van der Waals surface area contributed by atoms with E-state index in [2.05, 4.69) is 0 Å². The molecule has 2 heterocycles. The molecule has 0 radical (unpaired) electrons. The standard InChI is InChI=1S/C20H24ClN3O2S2/c1-5-6-11-23(3)28(25,26)19-12-18(24(4)14(19)2)20-22-17(13-27-20)15-7-9-16(21)10-8-15/h7-10,12-13H,5-6,11H2,1-4H3. The van der Waals surface area contributed by atoms with Crippen molar-refractivity contribution in [2.24, 2.45) is 7.05 Å². The Morgan fingerprint density at radius 3 is 2.57 bits per heavy atom. The molecule has 150 valence electrons. The summed E-state index contributed by atoms with van der Waals surface area (Å²) in [5, 5.41) is 3.44. The van der Waals surface area contributed by atoms with Crippen LogP contribution in [0.1, 0.15) is 25.5 Å². The lowest BCUT2D eigenvalue weighted by Gasteiger charge is -2.16. The van der Waals surface area contributed by atoms with E-state index in [1.807, 2.05) is 55.1 Å². The lowest BCUT2D eigenvalue weighted by molar-refractivity contribution is 0.459. The van der Waals surface area contributed by atoms with Crippen molar-refractivity contribution >= 4 is 33.0 Å². The Balaban J connectivity index is 1.97. The van der Waals surface area contributed by atoms with Crippen molar-refractivity contribution in [1.29, 1.82) is 0 Å². The molecule has 5 nitrogen and oxygen atoms in total. The molecule has 3 rings (SSSR count). The Morgan fingerprint density at radius 1 is 1.25 bits per heavy atom. The average Bonchev–Trinajstić information content (AvgIpc) is 3.26. The Labute approximate surface area is 175 Å². The third-order valence-electron chi connectivity index (χ3n) is 4.87.